The molecule has 27 heavy (non-hydrogen) atoms. The van der Waals surface area contributed by atoms with Crippen molar-refractivity contribution in [1.82, 2.24) is 34.8 Å². The number of benzene rings is 1. The third kappa shape index (κ3) is 3.00. The molecule has 1 atom stereocenters. The number of H-pyrrole nitrogens is 1. The van der Waals surface area contributed by atoms with E-state index in [4.69, 9.17) is 0 Å². The van der Waals surface area contributed by atoms with Gasteiger partial charge in [0.05, 0.1) is 17.2 Å². The van der Waals surface area contributed by atoms with Crippen LogP contribution in [0, 0.1) is 0 Å². The lowest BCUT2D eigenvalue weighted by atomic mass is 10.1. The maximum absolute atomic E-state index is 4.67. The van der Waals surface area contributed by atoms with Crippen LogP contribution in [0.5, 0.6) is 0 Å². The molecule has 5 rings (SSSR count). The number of nitrogens with one attached hydrogen (secondary N) is 1. The van der Waals surface area contributed by atoms with Crippen LogP contribution >= 0.6 is 0 Å². The number of rotatable bonds is 4. The van der Waals surface area contributed by atoms with E-state index < -0.39 is 0 Å². The van der Waals surface area contributed by atoms with Crippen LogP contribution in [0.4, 0.5) is 0 Å². The molecule has 0 amide bonds. The Bertz CT molecular complexity index is 1070. The van der Waals surface area contributed by atoms with Crippen LogP contribution in [0.2, 0.25) is 0 Å². The van der Waals surface area contributed by atoms with Crippen LogP contribution in [-0.4, -0.2) is 41.4 Å². The number of fused-ring (bicyclic) bond motifs is 1. The number of aromatic nitrogens is 6. The standard InChI is InChI=1S/C20H21N7/c1-26-19(12-22-25-26)20-23-16-5-4-14(11-17(16)24-20)13-27-10-2-3-18(27)15-6-8-21-9-7-15/h4-9,11-12,18H,2-3,10,13H2,1H3,(H,23,24)/t18-/m0/s1. The summed E-state index contributed by atoms with van der Waals surface area (Å²) in [5.74, 6) is 0.797. The van der Waals surface area contributed by atoms with E-state index in [0.29, 0.717) is 6.04 Å². The number of hydrogen-bond acceptors (Lipinski definition) is 5. The van der Waals surface area contributed by atoms with E-state index in [1.54, 1.807) is 10.9 Å². The average molecular weight is 359 g/mol. The molecule has 4 heterocycles. The van der Waals surface area contributed by atoms with Crippen molar-refractivity contribution >= 4 is 11.0 Å². The first-order valence-electron chi connectivity index (χ1n) is 9.25. The van der Waals surface area contributed by atoms with Crippen molar-refractivity contribution in [3.05, 3.63) is 60.0 Å². The van der Waals surface area contributed by atoms with E-state index >= 15 is 0 Å². The zero-order chi connectivity index (χ0) is 18.2. The Morgan fingerprint density at radius 2 is 2.07 bits per heavy atom. The van der Waals surface area contributed by atoms with Crippen molar-refractivity contribution in [3.63, 3.8) is 0 Å². The molecule has 0 saturated carbocycles. The summed E-state index contributed by atoms with van der Waals surface area (Å²) in [6.45, 7) is 2.06. The molecule has 1 saturated heterocycles. The summed E-state index contributed by atoms with van der Waals surface area (Å²) >= 11 is 0. The van der Waals surface area contributed by atoms with Gasteiger partial charge in [0.1, 0.15) is 5.69 Å². The Kier molecular flexibility index (Phi) is 3.94. The molecular weight excluding hydrogens is 338 g/mol. The molecule has 1 aromatic carbocycles. The second-order valence-electron chi connectivity index (χ2n) is 7.09. The van der Waals surface area contributed by atoms with Gasteiger partial charge in [0.15, 0.2) is 5.82 Å². The molecule has 3 aromatic heterocycles. The van der Waals surface area contributed by atoms with Gasteiger partial charge in [-0.25, -0.2) is 9.67 Å². The van der Waals surface area contributed by atoms with Crippen molar-refractivity contribution in [2.45, 2.75) is 25.4 Å². The van der Waals surface area contributed by atoms with Crippen molar-refractivity contribution in [3.8, 4) is 11.5 Å². The number of nitrogens with zero attached hydrogens (tertiary/aromatic N) is 6. The van der Waals surface area contributed by atoms with Crippen LogP contribution in [0.3, 0.4) is 0 Å². The van der Waals surface area contributed by atoms with Crippen LogP contribution in [0.15, 0.2) is 48.9 Å². The predicted octanol–water partition coefficient (Wildman–Crippen LogP) is 3.09. The van der Waals surface area contributed by atoms with Crippen molar-refractivity contribution in [2.24, 2.45) is 7.05 Å². The maximum Gasteiger partial charge on any atom is 0.158 e. The Balaban J connectivity index is 1.41. The molecule has 1 aliphatic rings. The fourth-order valence-electron chi connectivity index (χ4n) is 3.99. The van der Waals surface area contributed by atoms with Crippen LogP contribution in [0.25, 0.3) is 22.6 Å². The molecule has 0 unspecified atom stereocenters. The number of likely N-dealkylation sites (tertiary alicyclic amines) is 1. The van der Waals surface area contributed by atoms with Crippen LogP contribution < -0.4 is 0 Å². The van der Waals surface area contributed by atoms with Gasteiger partial charge in [-0.15, -0.1) is 5.10 Å². The van der Waals surface area contributed by atoms with Crippen molar-refractivity contribution in [1.29, 1.82) is 0 Å². The van der Waals surface area contributed by atoms with Gasteiger partial charge in [0, 0.05) is 32.0 Å². The fraction of sp³-hybridized carbons (Fsp3) is 0.300. The van der Waals surface area contributed by atoms with E-state index in [-0.39, 0.29) is 0 Å². The normalized spacial score (nSPS) is 17.7. The lowest BCUT2D eigenvalue weighted by molar-refractivity contribution is 0.248. The zero-order valence-corrected chi connectivity index (χ0v) is 15.2. The molecule has 1 fully saturated rings. The largest absolute Gasteiger partial charge is 0.337 e. The second kappa shape index (κ2) is 6.59. The first kappa shape index (κ1) is 16.1. The minimum absolute atomic E-state index is 0.474. The first-order chi connectivity index (χ1) is 13.3. The van der Waals surface area contributed by atoms with E-state index in [0.717, 1.165) is 35.6 Å². The molecule has 0 radical (unpaired) electrons. The minimum atomic E-state index is 0.474. The smallest absolute Gasteiger partial charge is 0.158 e. The van der Waals surface area contributed by atoms with Crippen molar-refractivity contribution < 1.29 is 0 Å². The monoisotopic (exact) mass is 359 g/mol. The van der Waals surface area contributed by atoms with Gasteiger partial charge in [-0.1, -0.05) is 11.3 Å². The average Bonchev–Trinajstić information content (AvgIpc) is 3.41. The molecule has 0 spiro atoms. The lowest BCUT2D eigenvalue weighted by Crippen LogP contribution is -2.22. The van der Waals surface area contributed by atoms with Crippen molar-refractivity contribution in [2.75, 3.05) is 6.54 Å². The molecule has 0 bridgehead atoms. The molecule has 7 nitrogen and oxygen atoms in total. The summed E-state index contributed by atoms with van der Waals surface area (Å²) in [7, 11) is 1.87. The zero-order valence-electron chi connectivity index (χ0n) is 15.2. The second-order valence-corrected chi connectivity index (χ2v) is 7.09. The lowest BCUT2D eigenvalue weighted by Gasteiger charge is -2.24. The Hall–Kier alpha value is -3.06. The number of aryl methyl sites for hydroxylation is 1. The fourth-order valence-corrected chi connectivity index (χ4v) is 3.99. The summed E-state index contributed by atoms with van der Waals surface area (Å²) in [6.07, 6.45) is 7.93. The van der Waals surface area contributed by atoms with Gasteiger partial charge < -0.3 is 4.98 Å². The van der Waals surface area contributed by atoms with Gasteiger partial charge in [0.25, 0.3) is 0 Å². The number of aromatic amines is 1. The minimum Gasteiger partial charge on any atom is -0.337 e. The highest BCUT2D eigenvalue weighted by Crippen LogP contribution is 2.33. The molecule has 4 aromatic rings. The predicted molar refractivity (Wildman–Crippen MR) is 103 cm³/mol. The summed E-state index contributed by atoms with van der Waals surface area (Å²) < 4.78 is 1.72. The molecular formula is C20H21N7. The van der Waals surface area contributed by atoms with Gasteiger partial charge in [-0.2, -0.15) is 0 Å². The quantitative estimate of drug-likeness (QED) is 0.606. The summed E-state index contributed by atoms with van der Waals surface area (Å²) in [6, 6.07) is 11.2. The molecule has 1 aliphatic heterocycles. The third-order valence-corrected chi connectivity index (χ3v) is 5.34. The SMILES string of the molecule is Cn1nncc1-c1nc2ccc(CN3CCC[C@H]3c3ccncc3)cc2[nH]1. The Labute approximate surface area is 157 Å². The highest BCUT2D eigenvalue weighted by atomic mass is 15.4. The van der Waals surface area contributed by atoms with Crippen LogP contribution in [-0.2, 0) is 13.6 Å². The molecule has 1 N–H and O–H groups in total. The van der Waals surface area contributed by atoms with E-state index in [1.165, 1.54) is 24.0 Å². The van der Waals surface area contributed by atoms with Gasteiger partial charge >= 0.3 is 0 Å². The van der Waals surface area contributed by atoms with E-state index in [2.05, 4.69) is 60.5 Å². The number of hydrogen-bond donors (Lipinski definition) is 1. The summed E-state index contributed by atoms with van der Waals surface area (Å²) in [5.41, 5.74) is 5.54. The highest BCUT2D eigenvalue weighted by Gasteiger charge is 2.26. The van der Waals surface area contributed by atoms with Gasteiger partial charge in [0.2, 0.25) is 0 Å². The van der Waals surface area contributed by atoms with E-state index in [9.17, 15) is 0 Å². The Morgan fingerprint density at radius 3 is 2.89 bits per heavy atom. The molecule has 136 valence electrons. The molecule has 0 aliphatic carbocycles. The Morgan fingerprint density at radius 1 is 1.19 bits per heavy atom. The summed E-state index contributed by atoms with van der Waals surface area (Å²) in [5, 5.41) is 7.92. The highest BCUT2D eigenvalue weighted by molar-refractivity contribution is 5.79. The van der Waals surface area contributed by atoms with Crippen LogP contribution in [0.1, 0.15) is 30.0 Å². The topological polar surface area (TPSA) is 75.5 Å². The van der Waals surface area contributed by atoms with Gasteiger partial charge in [-0.3, -0.25) is 9.88 Å². The number of pyridine rings is 1. The third-order valence-electron chi connectivity index (χ3n) is 5.34. The van der Waals surface area contributed by atoms with E-state index in [1.807, 2.05) is 19.4 Å². The molecule has 7 heteroatoms. The summed E-state index contributed by atoms with van der Waals surface area (Å²) in [4.78, 5) is 14.8. The van der Waals surface area contributed by atoms with Gasteiger partial charge in [-0.05, 0) is 54.8 Å². The maximum atomic E-state index is 4.67. The number of imidazole rings is 1. The first-order valence-corrected chi connectivity index (χ1v) is 9.25.